The predicted octanol–water partition coefficient (Wildman–Crippen LogP) is 10.3. The maximum Gasteiger partial charge on any atom is 0.309 e. The van der Waals surface area contributed by atoms with Gasteiger partial charge >= 0.3 is 11.9 Å². The number of hydrogen-bond donors (Lipinski definition) is 2. The van der Waals surface area contributed by atoms with Gasteiger partial charge in [-0.2, -0.15) is 0 Å². The van der Waals surface area contributed by atoms with Crippen molar-refractivity contribution in [3.8, 4) is 57.5 Å². The van der Waals surface area contributed by atoms with Crippen LogP contribution in [0.15, 0.2) is 48.5 Å². The van der Waals surface area contributed by atoms with Crippen molar-refractivity contribution in [2.75, 3.05) is 111 Å². The smallest absolute Gasteiger partial charge is 0.309 e. The summed E-state index contributed by atoms with van der Waals surface area (Å²) < 4.78 is 59.4. The van der Waals surface area contributed by atoms with E-state index in [2.05, 4.69) is 38.4 Å². The first-order valence-electron chi connectivity index (χ1n) is 26.3. The highest BCUT2D eigenvalue weighted by atomic mass is 16.5. The van der Waals surface area contributed by atoms with E-state index in [0.717, 1.165) is 80.4 Å². The molecule has 75 heavy (non-hydrogen) atoms. The van der Waals surface area contributed by atoms with Crippen LogP contribution in [0.2, 0.25) is 0 Å². The topological polar surface area (TPSA) is 167 Å². The normalized spacial score (nSPS) is 19.6. The number of methoxy groups -OCH3 is 10. The number of rotatable bonds is 30. The number of likely N-dealkylation sites (N-methyl/N-ethyl adjacent to an activating group) is 2. The van der Waals surface area contributed by atoms with Gasteiger partial charge in [0.1, 0.15) is 12.1 Å². The van der Waals surface area contributed by atoms with Gasteiger partial charge in [0.15, 0.2) is 46.0 Å². The Labute approximate surface area is 444 Å². The van der Waals surface area contributed by atoms with E-state index < -0.39 is 17.4 Å². The number of unbranched alkanes of at least 4 members (excludes halogenated alkanes) is 4. The largest absolute Gasteiger partial charge is 0.493 e. The predicted molar refractivity (Wildman–Crippen MR) is 287 cm³/mol. The summed E-state index contributed by atoms with van der Waals surface area (Å²) in [5, 5.41) is 20.8. The van der Waals surface area contributed by atoms with Crippen molar-refractivity contribution >= 4 is 11.9 Å². The molecule has 5 atom stereocenters. The van der Waals surface area contributed by atoms with E-state index >= 15 is 0 Å². The molecule has 0 radical (unpaired) electrons. The Morgan fingerprint density at radius 3 is 1.39 bits per heavy atom. The molecule has 2 N–H and O–H groups in total. The molecule has 0 spiro atoms. The van der Waals surface area contributed by atoms with E-state index in [1.54, 1.807) is 71.1 Å². The van der Waals surface area contributed by atoms with Crippen molar-refractivity contribution in [1.29, 1.82) is 0 Å². The van der Waals surface area contributed by atoms with E-state index in [9.17, 15) is 19.8 Å². The van der Waals surface area contributed by atoms with Crippen molar-refractivity contribution in [2.45, 2.75) is 102 Å². The highest BCUT2D eigenvalue weighted by Gasteiger charge is 2.45. The molecular weight excluding hydrogens is 961 g/mol. The summed E-state index contributed by atoms with van der Waals surface area (Å²) >= 11 is 0. The third-order valence-electron chi connectivity index (χ3n) is 16.4. The van der Waals surface area contributed by atoms with Gasteiger partial charge in [-0.3, -0.25) is 9.59 Å². The van der Waals surface area contributed by atoms with Gasteiger partial charge in [0.2, 0.25) is 11.5 Å². The lowest BCUT2D eigenvalue weighted by molar-refractivity contribution is -0.941. The molecule has 0 saturated heterocycles. The molecule has 0 saturated carbocycles. The molecule has 412 valence electrons. The maximum absolute atomic E-state index is 14.1. The number of benzene rings is 4. The molecule has 2 aliphatic rings. The number of carbonyl (C=O) groups is 2. The van der Waals surface area contributed by atoms with E-state index in [1.807, 2.05) is 24.3 Å². The lowest BCUT2D eigenvalue weighted by atomic mass is 9.74. The number of fused-ring (bicyclic) bond motifs is 2. The molecule has 0 fully saturated rings. The lowest BCUT2D eigenvalue weighted by Crippen LogP contribution is -2.53. The van der Waals surface area contributed by atoms with Crippen molar-refractivity contribution in [3.05, 3.63) is 81.9 Å². The van der Waals surface area contributed by atoms with Gasteiger partial charge in [-0.1, -0.05) is 25.7 Å². The Kier molecular flexibility index (Phi) is 20.1. The fraction of sp³-hybridized carbons (Fsp3) is 0.559. The zero-order valence-electron chi connectivity index (χ0n) is 46.7. The zero-order chi connectivity index (χ0) is 54.5. The van der Waals surface area contributed by atoms with Crippen molar-refractivity contribution in [3.63, 3.8) is 0 Å². The van der Waals surface area contributed by atoms with Crippen LogP contribution in [0.4, 0.5) is 0 Å². The lowest BCUT2D eigenvalue weighted by Gasteiger charge is -2.47. The van der Waals surface area contributed by atoms with Crippen LogP contribution in [0.25, 0.3) is 0 Å². The van der Waals surface area contributed by atoms with E-state index in [4.69, 9.17) is 47.4 Å². The molecule has 16 nitrogen and oxygen atoms in total. The Morgan fingerprint density at radius 2 is 0.907 bits per heavy atom. The van der Waals surface area contributed by atoms with Crippen LogP contribution in [0.3, 0.4) is 0 Å². The summed E-state index contributed by atoms with van der Waals surface area (Å²) in [5.74, 6) is 4.39. The third-order valence-corrected chi connectivity index (χ3v) is 16.4. The van der Waals surface area contributed by atoms with Gasteiger partial charge < -0.3 is 66.5 Å². The molecule has 2 aliphatic heterocycles. The van der Waals surface area contributed by atoms with Crippen LogP contribution in [-0.2, 0) is 28.9 Å². The molecule has 4 aromatic carbocycles. The number of nitrogens with zero attached hydrogens (tertiary/aromatic N) is 2. The average Bonchev–Trinajstić information content (AvgIpc) is 3.41. The minimum absolute atomic E-state index is 0.0291. The second kappa shape index (κ2) is 26.0. The minimum atomic E-state index is -0.998. The first-order valence-corrected chi connectivity index (χ1v) is 26.3. The summed E-state index contributed by atoms with van der Waals surface area (Å²) in [4.78, 5) is 25.4. The Hall–Kier alpha value is -6.26. The number of quaternary nitrogens is 2. The fourth-order valence-corrected chi connectivity index (χ4v) is 12.2. The van der Waals surface area contributed by atoms with Crippen molar-refractivity contribution in [1.82, 2.24) is 0 Å². The van der Waals surface area contributed by atoms with Gasteiger partial charge in [0.25, 0.3) is 0 Å². The summed E-state index contributed by atoms with van der Waals surface area (Å²) in [6.07, 6.45) is 9.09. The van der Waals surface area contributed by atoms with E-state index in [0.29, 0.717) is 118 Å². The van der Waals surface area contributed by atoms with Crippen LogP contribution in [0.1, 0.15) is 116 Å². The highest BCUT2D eigenvalue weighted by Crippen LogP contribution is 2.50. The summed E-state index contributed by atoms with van der Waals surface area (Å²) in [6, 6.07) is 16.2. The van der Waals surface area contributed by atoms with Crippen LogP contribution < -0.4 is 47.4 Å². The number of carboxylic acids is 2. The monoisotopic (exact) mass is 1040 g/mol. The number of hydrogen-bond acceptors (Lipinski definition) is 12. The van der Waals surface area contributed by atoms with Crippen molar-refractivity contribution in [2.24, 2.45) is 5.41 Å². The molecule has 4 aromatic rings. The molecule has 0 aliphatic carbocycles. The standard InChI is InChI=1S/C59H82N2O14/c1-60(28-21-40-33-46(66-3)48(68-5)37-43(40)45(60)30-39-31-50(70-7)56(74-11)51(32-39)71-8)26-18-24-59(58(64)65,23-17-15-13-14-16-20-54(62)63)25-19-27-61(2)29-22-41-34-47(67-4)49(69-6)38-44(41)55(61)42-35-52(72-9)57(75-12)53(36-42)73-10/h31-38,45,55H,13-30H2,1-12H3/p+2/t45-,55+,59?,60+,61+/m1/s1. The van der Waals surface area contributed by atoms with Gasteiger partial charge in [-0.15, -0.1) is 0 Å². The molecule has 0 aromatic heterocycles. The van der Waals surface area contributed by atoms with E-state index in [-0.39, 0.29) is 18.5 Å². The van der Waals surface area contributed by atoms with Crippen molar-refractivity contribution < 1.29 is 76.1 Å². The number of ether oxygens (including phenoxy) is 10. The molecule has 16 heteroatoms. The summed E-state index contributed by atoms with van der Waals surface area (Å²) in [5.41, 5.74) is 5.61. The molecule has 6 rings (SSSR count). The first kappa shape index (κ1) is 58.0. The van der Waals surface area contributed by atoms with Crippen LogP contribution in [0, 0.1) is 5.41 Å². The minimum Gasteiger partial charge on any atom is -0.493 e. The second-order valence-corrected chi connectivity index (χ2v) is 20.7. The van der Waals surface area contributed by atoms with Gasteiger partial charge in [-0.05, 0) is 104 Å². The van der Waals surface area contributed by atoms with E-state index in [1.165, 1.54) is 11.1 Å². The molecule has 1 unspecified atom stereocenters. The quantitative estimate of drug-likeness (QED) is 0.0374. The third kappa shape index (κ3) is 12.9. The Bertz CT molecular complexity index is 2540. The van der Waals surface area contributed by atoms with Gasteiger partial charge in [-0.25, -0.2) is 0 Å². The average molecular weight is 1050 g/mol. The Balaban J connectivity index is 1.34. The Morgan fingerprint density at radius 1 is 0.493 bits per heavy atom. The van der Waals surface area contributed by atoms with Crippen LogP contribution >= 0.6 is 0 Å². The maximum atomic E-state index is 14.1. The number of carboxylic acid groups (broad SMARTS) is 2. The SMILES string of the molecule is COc1cc2c(cc1OC)[C@H](c1cc(OC)c(OC)c(OC)c1)[N@@+](C)(CCCC(CCCCCCCC(=O)O)(CCC[N@@+]1(C)CCc3cc(OC)c(OC)cc3[C@H]1Cc1cc(OC)c(OC)c(OC)c1)C(=O)O)CC2. The molecule has 2 heterocycles. The summed E-state index contributed by atoms with van der Waals surface area (Å²) in [6.45, 7) is 3.07. The highest BCUT2D eigenvalue weighted by molar-refractivity contribution is 5.74. The van der Waals surface area contributed by atoms with Gasteiger partial charge in [0.05, 0.1) is 117 Å². The molecule has 0 amide bonds. The van der Waals surface area contributed by atoms with Crippen LogP contribution in [0.5, 0.6) is 57.5 Å². The second-order valence-electron chi connectivity index (χ2n) is 20.7. The molecule has 0 bridgehead atoms. The zero-order valence-corrected chi connectivity index (χ0v) is 46.7. The molecular formula is C59H84N2O14+2. The van der Waals surface area contributed by atoms with Crippen LogP contribution in [-0.4, -0.2) is 142 Å². The first-order chi connectivity index (χ1) is 36.0. The number of aliphatic carboxylic acids is 2. The van der Waals surface area contributed by atoms with Gasteiger partial charge in [0, 0.05) is 42.4 Å². The fourth-order valence-electron chi connectivity index (χ4n) is 12.2. The summed E-state index contributed by atoms with van der Waals surface area (Å²) in [7, 11) is 20.9.